The van der Waals surface area contributed by atoms with Gasteiger partial charge >= 0.3 is 67.2 Å². The van der Waals surface area contributed by atoms with Gasteiger partial charge in [-0.3, -0.25) is 0 Å². The summed E-state index contributed by atoms with van der Waals surface area (Å²) in [5, 5.41) is 55.8. The minimum absolute atomic E-state index is 0. The van der Waals surface area contributed by atoms with E-state index in [9.17, 15) is 30.6 Å². The molecule has 0 N–H and O–H groups in total. The quantitative estimate of drug-likeness (QED) is 0.402. The first-order valence-electron chi connectivity index (χ1n) is 8.97. The molecule has 0 aromatic heterocycles. The first kappa shape index (κ1) is 51.0. The van der Waals surface area contributed by atoms with E-state index in [1.165, 1.54) is 0 Å². The molecule has 0 atom stereocenters. The van der Waals surface area contributed by atoms with E-state index in [-0.39, 0.29) is 107 Å². The predicted octanol–water partition coefficient (Wildman–Crippen LogP) is -1.84. The summed E-state index contributed by atoms with van der Waals surface area (Å²) in [5.74, 6) is 0. The van der Waals surface area contributed by atoms with Gasteiger partial charge in [0.2, 0.25) is 0 Å². The molecule has 0 aromatic carbocycles. The Hall–Kier alpha value is 1.95. The van der Waals surface area contributed by atoms with Crippen molar-refractivity contribution in [2.75, 3.05) is 39.6 Å². The Morgan fingerprint density at radius 1 is 0.346 bits per heavy atom. The van der Waals surface area contributed by atoms with Gasteiger partial charge in [-0.2, -0.15) is 0 Å². The molecule has 26 heavy (non-hydrogen) atoms. The van der Waals surface area contributed by atoms with Crippen LogP contribution in [0.4, 0.5) is 0 Å². The molecular weight excluding hydrogens is 448 g/mol. The van der Waals surface area contributed by atoms with Gasteiger partial charge in [0.25, 0.3) is 0 Å². The van der Waals surface area contributed by atoms with Gasteiger partial charge in [-0.15, -0.1) is 39.6 Å². The molecule has 0 heterocycles. The second kappa shape index (κ2) is 93.2. The Labute approximate surface area is 215 Å². The van der Waals surface area contributed by atoms with Crippen LogP contribution in [-0.2, 0) is 21.7 Å². The molecule has 0 saturated heterocycles. The van der Waals surface area contributed by atoms with E-state index in [4.69, 9.17) is 0 Å². The third kappa shape index (κ3) is 255. The second-order valence-electron chi connectivity index (χ2n) is 4.22. The van der Waals surface area contributed by atoms with E-state index in [1.54, 1.807) is 0 Å². The van der Waals surface area contributed by atoms with E-state index in [2.05, 4.69) is 0 Å². The summed E-state index contributed by atoms with van der Waals surface area (Å²) in [6.07, 6.45) is 4.58. The molecule has 0 aliphatic rings. The summed E-state index contributed by atoms with van der Waals surface area (Å²) in [5.41, 5.74) is 0. The number of hydrogen-bond acceptors (Lipinski definition) is 6. The molecule has 0 aromatic rings. The summed E-state index contributed by atoms with van der Waals surface area (Å²) >= 11 is 0. The van der Waals surface area contributed by atoms with Crippen LogP contribution in [0.15, 0.2) is 0 Å². The maximum atomic E-state index is 9.30. The molecule has 0 radical (unpaired) electrons. The first-order chi connectivity index (χ1) is 11.5. The van der Waals surface area contributed by atoms with Crippen molar-refractivity contribution < 1.29 is 52.4 Å². The Kier molecular flexibility index (Phi) is 183. The monoisotopic (exact) mass is 490 g/mol. The van der Waals surface area contributed by atoms with Gasteiger partial charge in [0.05, 0.1) is 0 Å². The third-order valence-electron chi connectivity index (χ3n) is 1.22. The van der Waals surface area contributed by atoms with Crippen molar-refractivity contribution >= 4 is 45.5 Å². The Balaban J connectivity index is -0.0000000245. The van der Waals surface area contributed by atoms with Crippen LogP contribution in [0.25, 0.3) is 0 Å². The first-order valence-corrected chi connectivity index (χ1v) is 8.97. The van der Waals surface area contributed by atoms with Gasteiger partial charge in [0, 0.05) is 0 Å². The van der Waals surface area contributed by atoms with Crippen LogP contribution in [0.1, 0.15) is 80.1 Å². The molecular formula is C18H42O6SrTi. The van der Waals surface area contributed by atoms with Crippen LogP contribution in [0.5, 0.6) is 0 Å². The minimum atomic E-state index is 0. The van der Waals surface area contributed by atoms with Crippen molar-refractivity contribution in [1.82, 2.24) is 0 Å². The van der Waals surface area contributed by atoms with Crippen LogP contribution in [0.2, 0.25) is 0 Å². The molecule has 0 fully saturated rings. The van der Waals surface area contributed by atoms with Gasteiger partial charge in [-0.05, 0) is 0 Å². The smallest absolute Gasteiger partial charge is 0.854 e. The van der Waals surface area contributed by atoms with Crippen LogP contribution in [-0.4, -0.2) is 85.1 Å². The Morgan fingerprint density at radius 2 is 0.385 bits per heavy atom. The fourth-order valence-electron chi connectivity index (χ4n) is 0. The zero-order chi connectivity index (χ0) is 20.5. The SMILES string of the molecule is CCC[O-].CCC[O-].CCC[O-].CCC[O-].CCC[O-].CCC[O-].[Sr+2].[Ti+4]. The fourth-order valence-corrected chi connectivity index (χ4v) is 0. The van der Waals surface area contributed by atoms with Crippen LogP contribution < -0.4 is 30.6 Å². The maximum absolute atomic E-state index is 9.30. The van der Waals surface area contributed by atoms with Crippen molar-refractivity contribution in [2.24, 2.45) is 0 Å². The zero-order valence-electron chi connectivity index (χ0n) is 18.1. The number of rotatable bonds is 6. The van der Waals surface area contributed by atoms with Crippen molar-refractivity contribution in [3.05, 3.63) is 0 Å². The van der Waals surface area contributed by atoms with E-state index in [0.717, 1.165) is 38.5 Å². The van der Waals surface area contributed by atoms with E-state index in [1.807, 2.05) is 41.5 Å². The van der Waals surface area contributed by atoms with E-state index in [0.29, 0.717) is 0 Å². The van der Waals surface area contributed by atoms with Gasteiger partial charge in [0.15, 0.2) is 0 Å². The van der Waals surface area contributed by atoms with Crippen LogP contribution in [0, 0.1) is 0 Å². The molecule has 0 bridgehead atoms. The maximum Gasteiger partial charge on any atom is 4.00 e. The van der Waals surface area contributed by atoms with Crippen molar-refractivity contribution in [3.63, 3.8) is 0 Å². The number of hydrogen-bond donors (Lipinski definition) is 0. The van der Waals surface area contributed by atoms with Crippen LogP contribution >= 0.6 is 0 Å². The predicted molar refractivity (Wildman–Crippen MR) is 96.7 cm³/mol. The third-order valence-corrected chi connectivity index (χ3v) is 1.22. The van der Waals surface area contributed by atoms with E-state index < -0.39 is 0 Å². The van der Waals surface area contributed by atoms with E-state index >= 15 is 0 Å². The summed E-state index contributed by atoms with van der Waals surface area (Å²) in [7, 11) is 0. The minimum Gasteiger partial charge on any atom is -0.854 e. The molecule has 156 valence electrons. The summed E-state index contributed by atoms with van der Waals surface area (Å²) < 4.78 is 0. The van der Waals surface area contributed by atoms with Gasteiger partial charge < -0.3 is 30.6 Å². The summed E-state index contributed by atoms with van der Waals surface area (Å²) in [4.78, 5) is 0. The average Bonchev–Trinajstić information content (AvgIpc) is 2.68. The zero-order valence-corrected chi connectivity index (χ0v) is 23.2. The molecule has 0 aliphatic carbocycles. The summed E-state index contributed by atoms with van der Waals surface area (Å²) in [6, 6.07) is 0. The molecule has 0 amide bonds. The molecule has 0 rings (SSSR count). The van der Waals surface area contributed by atoms with Crippen molar-refractivity contribution in [3.8, 4) is 0 Å². The Bertz CT molecular complexity index is 74.7. The molecule has 0 spiro atoms. The topological polar surface area (TPSA) is 138 Å². The fraction of sp³-hybridized carbons (Fsp3) is 1.00. The van der Waals surface area contributed by atoms with Crippen LogP contribution in [0.3, 0.4) is 0 Å². The molecule has 0 saturated carbocycles. The molecule has 0 aliphatic heterocycles. The Morgan fingerprint density at radius 3 is 0.385 bits per heavy atom. The van der Waals surface area contributed by atoms with Gasteiger partial charge in [-0.1, -0.05) is 80.1 Å². The summed E-state index contributed by atoms with van der Waals surface area (Å²) in [6.45, 7) is 11.6. The van der Waals surface area contributed by atoms with Crippen molar-refractivity contribution in [1.29, 1.82) is 0 Å². The second-order valence-corrected chi connectivity index (χ2v) is 4.22. The average molecular weight is 490 g/mol. The molecule has 0 unspecified atom stereocenters. The largest absolute Gasteiger partial charge is 4.00 e. The standard InChI is InChI=1S/6C3H7O.Sr.Ti/c6*1-2-3-4;;/h6*2-3H2,1H3;;/q6*-1;+2;+4. The van der Waals surface area contributed by atoms with Crippen molar-refractivity contribution in [2.45, 2.75) is 80.1 Å². The van der Waals surface area contributed by atoms with Gasteiger partial charge in [0.1, 0.15) is 0 Å². The molecule has 6 nitrogen and oxygen atoms in total. The van der Waals surface area contributed by atoms with Gasteiger partial charge in [-0.25, -0.2) is 0 Å². The normalized spacial score (nSPS) is 6.92. The molecule has 8 heteroatoms.